The van der Waals surface area contributed by atoms with Crippen molar-refractivity contribution in [1.29, 1.82) is 0 Å². The molecule has 0 unspecified atom stereocenters. The third kappa shape index (κ3) is 1.03. The quantitative estimate of drug-likeness (QED) is 0.665. The van der Waals surface area contributed by atoms with Crippen molar-refractivity contribution in [3.8, 4) is 0 Å². The van der Waals surface area contributed by atoms with Crippen LogP contribution in [0.15, 0.2) is 12.1 Å². The van der Waals surface area contributed by atoms with Gasteiger partial charge in [-0.1, -0.05) is 0 Å². The van der Waals surface area contributed by atoms with Gasteiger partial charge in [-0.15, -0.1) is 0 Å². The molecule has 0 radical (unpaired) electrons. The largest absolute Gasteiger partial charge is 0.344 e. The molecule has 0 spiro atoms. The molecule has 0 bridgehead atoms. The molecule has 16 heavy (non-hydrogen) atoms. The van der Waals surface area contributed by atoms with Crippen molar-refractivity contribution < 1.29 is 9.18 Å². The maximum atomic E-state index is 13.4. The Balaban J connectivity index is 2.57. The molecule has 2 heterocycles. The van der Waals surface area contributed by atoms with Gasteiger partial charge in [0.05, 0.1) is 5.52 Å². The van der Waals surface area contributed by atoms with Gasteiger partial charge in [-0.2, -0.15) is 0 Å². The SMILES string of the molecule is Cc1c(C)n2c3c(cc(F)cc13)C(=O)CC2. The molecule has 1 aromatic heterocycles. The Kier molecular flexibility index (Phi) is 1.76. The molecule has 0 fully saturated rings. The number of nitrogens with zero attached hydrogens (tertiary/aromatic N) is 1. The van der Waals surface area contributed by atoms with Crippen molar-refractivity contribution in [3.63, 3.8) is 0 Å². The maximum Gasteiger partial charge on any atom is 0.166 e. The van der Waals surface area contributed by atoms with Gasteiger partial charge in [0.1, 0.15) is 5.82 Å². The summed E-state index contributed by atoms with van der Waals surface area (Å²) in [6.45, 7) is 4.72. The highest BCUT2D eigenvalue weighted by molar-refractivity contribution is 6.09. The summed E-state index contributed by atoms with van der Waals surface area (Å²) in [5, 5.41) is 0.876. The third-order valence-electron chi connectivity index (χ3n) is 3.56. The van der Waals surface area contributed by atoms with Crippen molar-refractivity contribution in [1.82, 2.24) is 4.57 Å². The van der Waals surface area contributed by atoms with Crippen LogP contribution >= 0.6 is 0 Å². The molecule has 1 aliphatic rings. The minimum Gasteiger partial charge on any atom is -0.344 e. The van der Waals surface area contributed by atoms with Gasteiger partial charge in [-0.3, -0.25) is 4.79 Å². The number of halogens is 1. The summed E-state index contributed by atoms with van der Waals surface area (Å²) in [7, 11) is 0. The van der Waals surface area contributed by atoms with E-state index in [-0.39, 0.29) is 11.6 Å². The van der Waals surface area contributed by atoms with Gasteiger partial charge >= 0.3 is 0 Å². The molecule has 1 aliphatic heterocycles. The normalized spacial score (nSPS) is 14.8. The van der Waals surface area contributed by atoms with Crippen LogP contribution in [0.3, 0.4) is 0 Å². The van der Waals surface area contributed by atoms with E-state index in [9.17, 15) is 9.18 Å². The van der Waals surface area contributed by atoms with Gasteiger partial charge in [-0.05, 0) is 31.5 Å². The van der Waals surface area contributed by atoms with Crippen LogP contribution in [0.4, 0.5) is 4.39 Å². The molecule has 1 aromatic carbocycles. The van der Waals surface area contributed by atoms with E-state index in [1.807, 2.05) is 13.8 Å². The Bertz CT molecular complexity index is 625. The lowest BCUT2D eigenvalue weighted by atomic mass is 10.0. The summed E-state index contributed by atoms with van der Waals surface area (Å²) >= 11 is 0. The van der Waals surface area contributed by atoms with Gasteiger partial charge in [-0.25, -0.2) is 4.39 Å². The van der Waals surface area contributed by atoms with Gasteiger partial charge in [0.15, 0.2) is 5.78 Å². The van der Waals surface area contributed by atoms with E-state index in [4.69, 9.17) is 0 Å². The number of aromatic nitrogens is 1. The zero-order valence-electron chi connectivity index (χ0n) is 9.30. The highest BCUT2D eigenvalue weighted by atomic mass is 19.1. The molecule has 0 N–H and O–H groups in total. The van der Waals surface area contributed by atoms with Crippen LogP contribution in [-0.4, -0.2) is 10.4 Å². The zero-order chi connectivity index (χ0) is 11.4. The number of carbonyl (C=O) groups excluding carboxylic acids is 1. The van der Waals surface area contributed by atoms with E-state index in [2.05, 4.69) is 4.57 Å². The van der Waals surface area contributed by atoms with Gasteiger partial charge in [0.25, 0.3) is 0 Å². The van der Waals surface area contributed by atoms with Crippen molar-refractivity contribution in [2.45, 2.75) is 26.8 Å². The first-order valence-corrected chi connectivity index (χ1v) is 5.41. The third-order valence-corrected chi connectivity index (χ3v) is 3.56. The first-order chi connectivity index (χ1) is 7.59. The topological polar surface area (TPSA) is 22.0 Å². The van der Waals surface area contributed by atoms with Crippen molar-refractivity contribution >= 4 is 16.7 Å². The minimum absolute atomic E-state index is 0.0505. The number of rotatable bonds is 0. The first kappa shape index (κ1) is 9.58. The lowest BCUT2D eigenvalue weighted by Gasteiger charge is -2.16. The van der Waals surface area contributed by atoms with Crippen LogP contribution in [0.2, 0.25) is 0 Å². The van der Waals surface area contributed by atoms with Crippen LogP contribution in [0, 0.1) is 19.7 Å². The van der Waals surface area contributed by atoms with Crippen LogP contribution < -0.4 is 0 Å². The summed E-state index contributed by atoms with van der Waals surface area (Å²) < 4.78 is 15.6. The number of hydrogen-bond donors (Lipinski definition) is 0. The summed E-state index contributed by atoms with van der Waals surface area (Å²) in [5.41, 5.74) is 3.66. The van der Waals surface area contributed by atoms with E-state index >= 15 is 0 Å². The monoisotopic (exact) mass is 217 g/mol. The van der Waals surface area contributed by atoms with Crippen LogP contribution in [0.25, 0.3) is 10.9 Å². The van der Waals surface area contributed by atoms with Gasteiger partial charge in [0.2, 0.25) is 0 Å². The molecule has 0 saturated heterocycles. The Hall–Kier alpha value is -1.64. The molecule has 0 amide bonds. The Labute approximate surface area is 92.7 Å². The standard InChI is InChI=1S/C13H12FNO/c1-7-8(2)15-4-3-12(16)11-6-9(14)5-10(7)13(11)15/h5-6H,3-4H2,1-2H3. The van der Waals surface area contributed by atoms with Gasteiger partial charge < -0.3 is 4.57 Å². The van der Waals surface area contributed by atoms with E-state index in [1.54, 1.807) is 0 Å². The number of carbonyl (C=O) groups is 1. The summed E-state index contributed by atoms with van der Waals surface area (Å²) in [6.07, 6.45) is 0.473. The second-order valence-electron chi connectivity index (χ2n) is 4.38. The molecule has 2 aromatic rings. The molecule has 0 aliphatic carbocycles. The lowest BCUT2D eigenvalue weighted by molar-refractivity contribution is 0.0972. The number of Topliss-reactive ketones (excluding diaryl/α,β-unsaturated/α-hetero) is 1. The molecular formula is C13H12FNO. The summed E-state index contributed by atoms with van der Waals surface area (Å²) in [6, 6.07) is 2.88. The first-order valence-electron chi connectivity index (χ1n) is 5.41. The highest BCUT2D eigenvalue weighted by Crippen LogP contribution is 2.32. The average molecular weight is 217 g/mol. The molecule has 3 heteroatoms. The number of benzene rings is 1. The Morgan fingerprint density at radius 2 is 2.06 bits per heavy atom. The predicted octanol–water partition coefficient (Wildman–Crippen LogP) is 2.98. The Morgan fingerprint density at radius 3 is 2.81 bits per heavy atom. The van der Waals surface area contributed by atoms with Crippen molar-refractivity contribution in [2.75, 3.05) is 0 Å². The van der Waals surface area contributed by atoms with Crippen LogP contribution in [-0.2, 0) is 6.54 Å². The van der Waals surface area contributed by atoms with E-state index in [1.165, 1.54) is 12.1 Å². The number of ketones is 1. The average Bonchev–Trinajstić information content (AvgIpc) is 2.49. The molecule has 2 nitrogen and oxygen atoms in total. The van der Waals surface area contributed by atoms with Crippen molar-refractivity contribution in [3.05, 3.63) is 34.8 Å². The smallest absolute Gasteiger partial charge is 0.166 e. The summed E-state index contributed by atoms with van der Waals surface area (Å²) in [4.78, 5) is 11.8. The van der Waals surface area contributed by atoms with Crippen LogP contribution in [0.1, 0.15) is 28.0 Å². The number of aryl methyl sites for hydroxylation is 2. The predicted molar refractivity (Wildman–Crippen MR) is 60.3 cm³/mol. The van der Waals surface area contributed by atoms with E-state index < -0.39 is 0 Å². The van der Waals surface area contributed by atoms with E-state index in [0.717, 1.165) is 22.2 Å². The minimum atomic E-state index is -0.321. The number of hydrogen-bond acceptors (Lipinski definition) is 1. The second kappa shape index (κ2) is 2.94. The fraction of sp³-hybridized carbons (Fsp3) is 0.308. The van der Waals surface area contributed by atoms with Crippen LogP contribution in [0.5, 0.6) is 0 Å². The lowest BCUT2D eigenvalue weighted by Crippen LogP contribution is -2.15. The summed E-state index contributed by atoms with van der Waals surface area (Å²) in [5.74, 6) is -0.271. The highest BCUT2D eigenvalue weighted by Gasteiger charge is 2.23. The maximum absolute atomic E-state index is 13.4. The fourth-order valence-corrected chi connectivity index (χ4v) is 2.58. The molecule has 3 rings (SSSR count). The molecule has 82 valence electrons. The van der Waals surface area contributed by atoms with Gasteiger partial charge in [0, 0.05) is 29.6 Å². The Morgan fingerprint density at radius 1 is 1.31 bits per heavy atom. The fourth-order valence-electron chi connectivity index (χ4n) is 2.58. The zero-order valence-corrected chi connectivity index (χ0v) is 9.30. The molecule has 0 atom stereocenters. The van der Waals surface area contributed by atoms with E-state index in [0.29, 0.717) is 18.5 Å². The van der Waals surface area contributed by atoms with Crippen molar-refractivity contribution in [2.24, 2.45) is 0 Å². The molecule has 0 saturated carbocycles. The second-order valence-corrected chi connectivity index (χ2v) is 4.38. The molecular weight excluding hydrogens is 205 g/mol.